The van der Waals surface area contributed by atoms with E-state index in [2.05, 4.69) is 0 Å². The van der Waals surface area contributed by atoms with Gasteiger partial charge >= 0.3 is 0 Å². The number of halogens is 1. The summed E-state index contributed by atoms with van der Waals surface area (Å²) in [6.07, 6.45) is 0. The lowest BCUT2D eigenvalue weighted by molar-refractivity contribution is 0.398. The van der Waals surface area contributed by atoms with Crippen molar-refractivity contribution in [2.45, 2.75) is 39.8 Å². The highest BCUT2D eigenvalue weighted by Gasteiger charge is 2.23. The van der Waals surface area contributed by atoms with Crippen LogP contribution < -0.4 is 16.2 Å². The molecule has 4 heteroatoms. The first kappa shape index (κ1) is 14.3. The first-order valence-corrected chi connectivity index (χ1v) is 6.05. The monoisotopic (exact) mass is 256 g/mol. The second kappa shape index (κ2) is 5.25. The van der Waals surface area contributed by atoms with E-state index in [1.807, 2.05) is 27.7 Å². The molecule has 0 saturated carbocycles. The van der Waals surface area contributed by atoms with E-state index in [1.165, 1.54) is 0 Å². The van der Waals surface area contributed by atoms with E-state index >= 15 is 0 Å². The van der Waals surface area contributed by atoms with E-state index in [1.54, 1.807) is 7.11 Å². The smallest absolute Gasteiger partial charge is 0.127 e. The Hall–Kier alpha value is -0.770. The SMILES string of the molecule is COc1c(C)c(C)c(Cl)c(C)c1C(N)C(C)N. The number of ether oxygens (including phenoxy) is 1. The van der Waals surface area contributed by atoms with E-state index < -0.39 is 0 Å². The largest absolute Gasteiger partial charge is 0.496 e. The molecule has 17 heavy (non-hydrogen) atoms. The van der Waals surface area contributed by atoms with Crippen molar-refractivity contribution >= 4 is 11.6 Å². The molecule has 0 radical (unpaired) electrons. The third-order valence-corrected chi connectivity index (χ3v) is 3.88. The van der Waals surface area contributed by atoms with Gasteiger partial charge in [0.25, 0.3) is 0 Å². The predicted octanol–water partition coefficient (Wildman–Crippen LogP) is 2.62. The molecule has 0 saturated heterocycles. The standard InChI is InChI=1S/C13H21ClN2O/c1-6-7(2)13(17-5)10(8(3)11(6)14)12(16)9(4)15/h9,12H,15-16H2,1-5H3. The Morgan fingerprint density at radius 3 is 2.00 bits per heavy atom. The molecule has 1 aromatic carbocycles. The fraction of sp³-hybridized carbons (Fsp3) is 0.538. The molecule has 0 heterocycles. The molecule has 0 aromatic heterocycles. The lowest BCUT2D eigenvalue weighted by atomic mass is 9.91. The van der Waals surface area contributed by atoms with Crippen LogP contribution in [-0.4, -0.2) is 13.2 Å². The average Bonchev–Trinajstić information content (AvgIpc) is 2.29. The van der Waals surface area contributed by atoms with Gasteiger partial charge in [0.1, 0.15) is 5.75 Å². The van der Waals surface area contributed by atoms with Crippen LogP contribution in [0.2, 0.25) is 5.02 Å². The summed E-state index contributed by atoms with van der Waals surface area (Å²) in [5.74, 6) is 0.800. The molecular weight excluding hydrogens is 236 g/mol. The third kappa shape index (κ3) is 2.41. The maximum Gasteiger partial charge on any atom is 0.127 e. The Kier molecular flexibility index (Phi) is 4.42. The number of nitrogens with two attached hydrogens (primary N) is 2. The van der Waals surface area contributed by atoms with Crippen LogP contribution in [0.25, 0.3) is 0 Å². The van der Waals surface area contributed by atoms with Gasteiger partial charge in [0.2, 0.25) is 0 Å². The van der Waals surface area contributed by atoms with Crippen LogP contribution in [0.3, 0.4) is 0 Å². The van der Waals surface area contributed by atoms with E-state index in [0.717, 1.165) is 33.0 Å². The lowest BCUT2D eigenvalue weighted by Crippen LogP contribution is -2.32. The number of hydrogen-bond donors (Lipinski definition) is 2. The Morgan fingerprint density at radius 1 is 1.06 bits per heavy atom. The maximum atomic E-state index is 6.31. The normalized spacial score (nSPS) is 14.6. The number of methoxy groups -OCH3 is 1. The van der Waals surface area contributed by atoms with Gasteiger partial charge in [-0.05, 0) is 44.4 Å². The molecule has 0 spiro atoms. The van der Waals surface area contributed by atoms with Crippen molar-refractivity contribution in [3.8, 4) is 5.75 Å². The summed E-state index contributed by atoms with van der Waals surface area (Å²) >= 11 is 6.31. The highest BCUT2D eigenvalue weighted by molar-refractivity contribution is 6.32. The quantitative estimate of drug-likeness (QED) is 0.874. The van der Waals surface area contributed by atoms with Gasteiger partial charge < -0.3 is 16.2 Å². The minimum absolute atomic E-state index is 0.152. The van der Waals surface area contributed by atoms with Crippen LogP contribution in [0.5, 0.6) is 5.75 Å². The van der Waals surface area contributed by atoms with Crippen LogP contribution >= 0.6 is 11.6 Å². The lowest BCUT2D eigenvalue weighted by Gasteiger charge is -2.24. The molecule has 0 aliphatic carbocycles. The molecule has 1 rings (SSSR count). The predicted molar refractivity (Wildman–Crippen MR) is 72.8 cm³/mol. The average molecular weight is 257 g/mol. The summed E-state index contributed by atoms with van der Waals surface area (Å²) in [4.78, 5) is 0. The van der Waals surface area contributed by atoms with E-state index in [0.29, 0.717) is 0 Å². The van der Waals surface area contributed by atoms with Gasteiger partial charge in [-0.15, -0.1) is 0 Å². The van der Waals surface area contributed by atoms with Gasteiger partial charge in [-0.25, -0.2) is 0 Å². The van der Waals surface area contributed by atoms with Crippen molar-refractivity contribution in [1.29, 1.82) is 0 Å². The van der Waals surface area contributed by atoms with Gasteiger partial charge in [0, 0.05) is 22.7 Å². The first-order valence-electron chi connectivity index (χ1n) is 5.67. The Labute approximate surface area is 108 Å². The van der Waals surface area contributed by atoms with Crippen LogP contribution in [0.4, 0.5) is 0 Å². The Morgan fingerprint density at radius 2 is 1.59 bits per heavy atom. The summed E-state index contributed by atoms with van der Waals surface area (Å²) in [6, 6.07) is -0.428. The van der Waals surface area contributed by atoms with E-state index in [9.17, 15) is 0 Å². The van der Waals surface area contributed by atoms with Crippen LogP contribution in [0.15, 0.2) is 0 Å². The van der Waals surface area contributed by atoms with Crippen molar-refractivity contribution in [2.75, 3.05) is 7.11 Å². The Bertz CT molecular complexity index is 430. The number of rotatable bonds is 3. The molecule has 0 aliphatic heterocycles. The first-order chi connectivity index (χ1) is 7.82. The van der Waals surface area contributed by atoms with Crippen LogP contribution in [0, 0.1) is 20.8 Å². The molecule has 0 amide bonds. The van der Waals surface area contributed by atoms with Crippen molar-refractivity contribution in [2.24, 2.45) is 11.5 Å². The maximum absolute atomic E-state index is 6.31. The number of benzene rings is 1. The fourth-order valence-corrected chi connectivity index (χ4v) is 2.28. The zero-order chi connectivity index (χ0) is 13.3. The third-order valence-electron chi connectivity index (χ3n) is 3.31. The van der Waals surface area contributed by atoms with E-state index in [4.69, 9.17) is 27.8 Å². The fourth-order valence-electron chi connectivity index (χ4n) is 2.03. The summed E-state index contributed by atoms with van der Waals surface area (Å²) in [7, 11) is 1.65. The molecule has 2 atom stereocenters. The molecule has 1 aromatic rings. The summed E-state index contributed by atoms with van der Waals surface area (Å²) in [6.45, 7) is 7.80. The minimum atomic E-state index is -0.276. The molecule has 4 N–H and O–H groups in total. The van der Waals surface area contributed by atoms with Crippen molar-refractivity contribution in [3.63, 3.8) is 0 Å². The van der Waals surface area contributed by atoms with Crippen molar-refractivity contribution in [3.05, 3.63) is 27.3 Å². The Balaban J connectivity index is 3.58. The molecule has 2 unspecified atom stereocenters. The number of hydrogen-bond acceptors (Lipinski definition) is 3. The molecule has 0 aliphatic rings. The molecular formula is C13H21ClN2O. The second-order valence-corrected chi connectivity index (χ2v) is 4.90. The molecule has 0 bridgehead atoms. The zero-order valence-corrected chi connectivity index (χ0v) is 11.9. The van der Waals surface area contributed by atoms with Gasteiger partial charge in [-0.1, -0.05) is 11.6 Å². The van der Waals surface area contributed by atoms with Gasteiger partial charge in [0.05, 0.1) is 7.11 Å². The summed E-state index contributed by atoms with van der Waals surface area (Å²) in [5, 5.41) is 0.745. The topological polar surface area (TPSA) is 61.3 Å². The van der Waals surface area contributed by atoms with Crippen molar-refractivity contribution in [1.82, 2.24) is 0 Å². The van der Waals surface area contributed by atoms with Gasteiger partial charge in [-0.3, -0.25) is 0 Å². The summed E-state index contributed by atoms with van der Waals surface area (Å²) < 4.78 is 5.47. The van der Waals surface area contributed by atoms with Crippen LogP contribution in [0.1, 0.15) is 35.2 Å². The summed E-state index contributed by atoms with van der Waals surface area (Å²) in [5.41, 5.74) is 15.9. The van der Waals surface area contributed by atoms with Crippen molar-refractivity contribution < 1.29 is 4.74 Å². The minimum Gasteiger partial charge on any atom is -0.496 e. The van der Waals surface area contributed by atoms with Gasteiger partial charge in [-0.2, -0.15) is 0 Å². The highest BCUT2D eigenvalue weighted by Crippen LogP contribution is 2.38. The second-order valence-electron chi connectivity index (χ2n) is 4.52. The molecule has 3 nitrogen and oxygen atoms in total. The van der Waals surface area contributed by atoms with Crippen LogP contribution in [-0.2, 0) is 0 Å². The van der Waals surface area contributed by atoms with Gasteiger partial charge in [0.15, 0.2) is 0 Å². The zero-order valence-electron chi connectivity index (χ0n) is 11.1. The highest BCUT2D eigenvalue weighted by atomic mass is 35.5. The molecule has 96 valence electrons. The molecule has 0 fully saturated rings. The van der Waals surface area contributed by atoms with E-state index in [-0.39, 0.29) is 12.1 Å².